The first-order chi connectivity index (χ1) is 2.30. The van der Waals surface area contributed by atoms with Gasteiger partial charge in [-0.2, -0.15) is 0 Å². The summed E-state index contributed by atoms with van der Waals surface area (Å²) in [5.74, 6) is -0.435. The molecule has 1 rings (SSSR count). The van der Waals surface area contributed by atoms with Crippen LogP contribution in [0.1, 0.15) is 6.42 Å². The molecule has 0 N–H and O–H groups in total. The predicted molar refractivity (Wildman–Crippen MR) is 14.6 cm³/mol. The number of ketones is 2. The molecule has 0 atom stereocenters. The fourth-order valence-electron chi connectivity index (χ4n) is 0.102. The zero-order valence-corrected chi connectivity index (χ0v) is 2.52. The van der Waals surface area contributed by atoms with Crippen molar-refractivity contribution in [2.75, 3.05) is 0 Å². The van der Waals surface area contributed by atoms with Crippen LogP contribution in [0.25, 0.3) is 0 Å². The fraction of sp³-hybridized carbons (Fsp3) is 0.333. The number of Topliss-reactive ketones (excluding diaryl/α,β-unsaturated/α-hetero) is 2. The second-order valence-corrected chi connectivity index (χ2v) is 1.02. The molecule has 2 heteroatoms. The third-order valence-electron chi connectivity index (χ3n) is 0.507. The van der Waals surface area contributed by atoms with Crippen molar-refractivity contribution < 1.29 is 9.59 Å². The molecule has 0 heterocycles. The summed E-state index contributed by atoms with van der Waals surface area (Å²) in [5, 5.41) is 0. The van der Waals surface area contributed by atoms with Gasteiger partial charge in [0.1, 0.15) is 0 Å². The maximum absolute atomic E-state index is 9.54. The third kappa shape index (κ3) is 0.210. The highest BCUT2D eigenvalue weighted by atomic mass is 16.2. The average molecular weight is 70.0 g/mol. The van der Waals surface area contributed by atoms with Gasteiger partial charge in [-0.15, -0.1) is 0 Å². The Hall–Kier alpha value is -0.660. The molecule has 1 saturated carbocycles. The summed E-state index contributed by atoms with van der Waals surface area (Å²) in [4.78, 5) is 19.1. The Balaban J connectivity index is 2.81. The smallest absolute Gasteiger partial charge is 0.206 e. The fourth-order valence-corrected chi connectivity index (χ4v) is 0.102. The van der Waals surface area contributed by atoms with Gasteiger partial charge in [-0.05, 0) is 0 Å². The lowest BCUT2D eigenvalue weighted by Gasteiger charge is -1.29. The van der Waals surface area contributed by atoms with Gasteiger partial charge >= 0.3 is 0 Å². The zero-order valence-electron chi connectivity index (χ0n) is 2.52. The zero-order chi connectivity index (χ0) is 3.86. The summed E-state index contributed by atoms with van der Waals surface area (Å²) in [6.07, 6.45) is 0.194. The Morgan fingerprint density at radius 2 is 1.40 bits per heavy atom. The van der Waals surface area contributed by atoms with Crippen molar-refractivity contribution in [2.24, 2.45) is 0 Å². The van der Waals surface area contributed by atoms with Crippen LogP contribution >= 0.6 is 0 Å². The van der Waals surface area contributed by atoms with E-state index >= 15 is 0 Å². The van der Waals surface area contributed by atoms with Gasteiger partial charge in [-0.25, -0.2) is 0 Å². The Kier molecular flexibility index (Phi) is 0.234. The molecule has 0 bridgehead atoms. The van der Waals surface area contributed by atoms with Crippen LogP contribution < -0.4 is 0 Å². The van der Waals surface area contributed by atoms with Crippen molar-refractivity contribution in [3.63, 3.8) is 0 Å². The summed E-state index contributed by atoms with van der Waals surface area (Å²) >= 11 is 0. The first kappa shape index (κ1) is 2.57. The maximum atomic E-state index is 9.54. The molecule has 2 nitrogen and oxygen atoms in total. The van der Waals surface area contributed by atoms with E-state index in [1.807, 2.05) is 0 Å². The number of rotatable bonds is 0. The Morgan fingerprint density at radius 1 is 1.20 bits per heavy atom. The second-order valence-electron chi connectivity index (χ2n) is 1.02. The van der Waals surface area contributed by atoms with E-state index in [1.165, 1.54) is 0 Å². The number of carbonyl (C=O) groups excluding carboxylic acids is 2. The van der Waals surface area contributed by atoms with E-state index in [2.05, 4.69) is 0 Å². The highest BCUT2D eigenvalue weighted by Gasteiger charge is 2.30. The summed E-state index contributed by atoms with van der Waals surface area (Å²) in [6, 6.07) is 0. The number of hydrogen-bond donors (Lipinski definition) is 0. The van der Waals surface area contributed by atoms with Crippen molar-refractivity contribution in [1.29, 1.82) is 0 Å². The summed E-state index contributed by atoms with van der Waals surface area (Å²) in [7, 11) is 0. The van der Waals surface area contributed by atoms with Crippen LogP contribution in [0.5, 0.6) is 0 Å². The van der Waals surface area contributed by atoms with E-state index in [0.717, 1.165) is 0 Å². The van der Waals surface area contributed by atoms with Crippen LogP contribution in [0, 0.1) is 0 Å². The molecule has 0 unspecified atom stereocenters. The molecule has 26 valence electrons. The standard InChI is InChI=1S/C3H2O2/c4-2-1-3(2)5/h1H2. The van der Waals surface area contributed by atoms with Crippen molar-refractivity contribution in [3.05, 3.63) is 0 Å². The number of hydrogen-bond acceptors (Lipinski definition) is 2. The molecule has 0 aromatic heterocycles. The van der Waals surface area contributed by atoms with Gasteiger partial charge in [0, 0.05) is 0 Å². The molecular formula is C3H2O2. The molecule has 0 saturated heterocycles. The van der Waals surface area contributed by atoms with Crippen LogP contribution in [0.4, 0.5) is 0 Å². The molecule has 0 aromatic carbocycles. The van der Waals surface area contributed by atoms with E-state index in [0.29, 0.717) is 0 Å². The number of carbonyl (C=O) groups is 2. The SMILES string of the molecule is O=C1CC1=O. The molecule has 5 heavy (non-hydrogen) atoms. The maximum Gasteiger partial charge on any atom is 0.206 e. The molecule has 0 aliphatic heterocycles. The Morgan fingerprint density at radius 3 is 1.40 bits per heavy atom. The third-order valence-corrected chi connectivity index (χ3v) is 0.507. The topological polar surface area (TPSA) is 34.1 Å². The normalized spacial score (nSPS) is 20.0. The molecule has 0 aromatic rings. The van der Waals surface area contributed by atoms with Gasteiger partial charge in [0.25, 0.3) is 0 Å². The Bertz CT molecular complexity index is 81.1. The minimum atomic E-state index is -0.218. The molecule has 0 spiro atoms. The minimum absolute atomic E-state index is 0.194. The monoisotopic (exact) mass is 70.0 g/mol. The van der Waals surface area contributed by atoms with E-state index in [-0.39, 0.29) is 18.0 Å². The van der Waals surface area contributed by atoms with Crippen molar-refractivity contribution in [2.45, 2.75) is 6.42 Å². The first-order valence-electron chi connectivity index (χ1n) is 1.37. The Labute approximate surface area is 28.8 Å². The average Bonchev–Trinajstić information content (AvgIpc) is 1.79. The van der Waals surface area contributed by atoms with E-state index in [9.17, 15) is 9.59 Å². The van der Waals surface area contributed by atoms with Crippen molar-refractivity contribution in [3.8, 4) is 0 Å². The highest BCUT2D eigenvalue weighted by Crippen LogP contribution is 2.02. The molecule has 1 aliphatic carbocycles. The van der Waals surface area contributed by atoms with Gasteiger partial charge in [0.05, 0.1) is 6.42 Å². The summed E-state index contributed by atoms with van der Waals surface area (Å²) in [5.41, 5.74) is 0. The van der Waals surface area contributed by atoms with Gasteiger partial charge in [-0.1, -0.05) is 0 Å². The highest BCUT2D eigenvalue weighted by molar-refractivity contribution is 6.57. The van der Waals surface area contributed by atoms with E-state index in [4.69, 9.17) is 0 Å². The lowest BCUT2D eigenvalue weighted by molar-refractivity contribution is -0.122. The van der Waals surface area contributed by atoms with E-state index in [1.54, 1.807) is 0 Å². The van der Waals surface area contributed by atoms with Crippen LogP contribution in [0.2, 0.25) is 0 Å². The molecule has 0 amide bonds. The largest absolute Gasteiger partial charge is 0.290 e. The molecule has 1 fully saturated rings. The first-order valence-corrected chi connectivity index (χ1v) is 1.37. The van der Waals surface area contributed by atoms with Crippen LogP contribution in [-0.4, -0.2) is 11.6 Å². The van der Waals surface area contributed by atoms with Crippen LogP contribution in [-0.2, 0) is 9.59 Å². The van der Waals surface area contributed by atoms with Gasteiger partial charge in [-0.3, -0.25) is 9.59 Å². The summed E-state index contributed by atoms with van der Waals surface area (Å²) < 4.78 is 0. The predicted octanol–water partition coefficient (Wildman–Crippen LogP) is -0.472. The van der Waals surface area contributed by atoms with Crippen LogP contribution in [0.3, 0.4) is 0 Å². The second kappa shape index (κ2) is 0.455. The molecular weight excluding hydrogens is 68.0 g/mol. The van der Waals surface area contributed by atoms with Gasteiger partial charge in [0.15, 0.2) is 0 Å². The molecule has 1 aliphatic rings. The van der Waals surface area contributed by atoms with Gasteiger partial charge < -0.3 is 0 Å². The van der Waals surface area contributed by atoms with Crippen molar-refractivity contribution in [1.82, 2.24) is 0 Å². The van der Waals surface area contributed by atoms with Crippen LogP contribution in [0.15, 0.2) is 0 Å². The lowest BCUT2D eigenvalue weighted by atomic mass is 10.9. The summed E-state index contributed by atoms with van der Waals surface area (Å²) in [6.45, 7) is 0. The minimum Gasteiger partial charge on any atom is -0.290 e. The quantitative estimate of drug-likeness (QED) is 0.285. The molecule has 0 radical (unpaired) electrons. The van der Waals surface area contributed by atoms with Crippen molar-refractivity contribution >= 4 is 11.6 Å². The lowest BCUT2D eigenvalue weighted by Crippen LogP contribution is -1.62. The van der Waals surface area contributed by atoms with E-state index < -0.39 is 0 Å². The van der Waals surface area contributed by atoms with Gasteiger partial charge in [0.2, 0.25) is 11.6 Å².